The van der Waals surface area contributed by atoms with Crippen LogP contribution in [0.1, 0.15) is 15.3 Å². The molecule has 0 aromatic carbocycles. The fourth-order valence-corrected chi connectivity index (χ4v) is 1.64. The lowest BCUT2D eigenvalue weighted by molar-refractivity contribution is -0.119. The molecule has 1 N–H and O–H groups in total. The van der Waals surface area contributed by atoms with E-state index in [-0.39, 0.29) is 23.7 Å². The summed E-state index contributed by atoms with van der Waals surface area (Å²) in [5, 5.41) is 1.84. The van der Waals surface area contributed by atoms with Crippen LogP contribution in [-0.2, 0) is 4.79 Å². The van der Waals surface area contributed by atoms with E-state index in [9.17, 15) is 9.59 Å². The van der Waals surface area contributed by atoms with Crippen LogP contribution in [0.2, 0.25) is 0 Å². The molecule has 0 saturated carbocycles. The molecule has 0 aliphatic carbocycles. The summed E-state index contributed by atoms with van der Waals surface area (Å²) in [6.07, 6.45) is 0. The Kier molecular flexibility index (Phi) is 1.99. The van der Waals surface area contributed by atoms with Gasteiger partial charge >= 0.3 is 0 Å². The fourth-order valence-electron chi connectivity index (χ4n) is 0.809. The summed E-state index contributed by atoms with van der Waals surface area (Å²) in [5.74, 6) is 0.0847. The highest BCUT2D eigenvalue weighted by Gasteiger charge is 2.33. The Hall–Kier alpha value is -0.510. The number of amides is 2. The van der Waals surface area contributed by atoms with Crippen molar-refractivity contribution < 1.29 is 11.0 Å². The first kappa shape index (κ1) is 7.60. The molecule has 0 aromatic heterocycles. The normalized spacial score (nSPS) is 25.7. The van der Waals surface area contributed by atoms with Gasteiger partial charge in [-0.25, -0.2) is 0 Å². The van der Waals surface area contributed by atoms with Crippen molar-refractivity contribution in [2.45, 2.75) is 19.1 Å². The highest BCUT2D eigenvalue weighted by atomic mass is 32.2. The molecule has 0 radical (unpaired) electrons. The molecule has 1 aliphatic heterocycles. The number of imide groups is 1. The molecular weight excluding hydrogens is 150 g/mol. The van der Waals surface area contributed by atoms with Gasteiger partial charge in [0, 0.05) is 1.43 Å². The maximum absolute atomic E-state index is 10.9. The van der Waals surface area contributed by atoms with Crippen LogP contribution in [0.25, 0.3) is 0 Å². The Labute approximate surface area is 65.0 Å². The summed E-state index contributed by atoms with van der Waals surface area (Å²) >= 11 is 1.08. The van der Waals surface area contributed by atoms with E-state index >= 15 is 0 Å². The number of thioether (sulfide) groups is 1. The van der Waals surface area contributed by atoms with E-state index in [4.69, 9.17) is 0 Å². The van der Waals surface area contributed by atoms with E-state index in [2.05, 4.69) is 5.32 Å². The number of nitrogens with one attached hydrogen (secondary N) is 1. The molecule has 10 heavy (non-hydrogen) atoms. The average Bonchev–Trinajstić information content (AvgIpc) is 2.10. The van der Waals surface area contributed by atoms with Crippen molar-refractivity contribution in [3.8, 4) is 0 Å². The lowest BCUT2D eigenvalue weighted by atomic mass is 10.1. The number of rotatable bonds is 1. The maximum Gasteiger partial charge on any atom is 0.286 e. The highest BCUT2D eigenvalue weighted by Crippen LogP contribution is 2.24. The van der Waals surface area contributed by atoms with Gasteiger partial charge < -0.3 is 0 Å². The van der Waals surface area contributed by atoms with Crippen LogP contribution >= 0.6 is 11.8 Å². The van der Waals surface area contributed by atoms with E-state index in [1.165, 1.54) is 0 Å². The first-order valence-corrected chi connectivity index (χ1v) is 4.00. The number of hydrogen-bond donors (Lipinski definition) is 1. The third-order valence-corrected chi connectivity index (χ3v) is 2.65. The van der Waals surface area contributed by atoms with Crippen molar-refractivity contribution in [2.24, 2.45) is 5.92 Å². The van der Waals surface area contributed by atoms with Crippen LogP contribution in [-0.4, -0.2) is 16.4 Å². The molecule has 1 fully saturated rings. The smallest absolute Gasteiger partial charge is 0.286 e. The molecule has 1 unspecified atom stereocenters. The third kappa shape index (κ3) is 1.31. The van der Waals surface area contributed by atoms with Crippen LogP contribution in [0, 0.1) is 5.92 Å². The molecule has 1 heterocycles. The molecule has 1 saturated heterocycles. The minimum atomic E-state index is -0.219. The Balaban J connectivity index is 0.000001000. The molecule has 0 bridgehead atoms. The zero-order chi connectivity index (χ0) is 7.72. The highest BCUT2D eigenvalue weighted by molar-refractivity contribution is 8.15. The monoisotopic (exact) mass is 161 g/mol. The second-order valence-electron chi connectivity index (χ2n) is 2.56. The first-order valence-electron chi connectivity index (χ1n) is 3.12. The summed E-state index contributed by atoms with van der Waals surface area (Å²) in [4.78, 5) is 21.5. The minimum Gasteiger partial charge on any atom is -0.286 e. The number of hydrogen-bond acceptors (Lipinski definition) is 3. The molecule has 0 aromatic rings. The summed E-state index contributed by atoms with van der Waals surface area (Å²) in [5.41, 5.74) is 0. The van der Waals surface area contributed by atoms with E-state index in [0.717, 1.165) is 11.8 Å². The quantitative estimate of drug-likeness (QED) is 0.629. The van der Waals surface area contributed by atoms with Crippen molar-refractivity contribution in [3.63, 3.8) is 0 Å². The standard InChI is InChI=1S/C6H9NO2S.H2/c1-3(2)4-5(8)7-6(9)10-4;/h3-4H,1-2H3,(H,7,8,9);1H. The molecule has 0 spiro atoms. The summed E-state index contributed by atoms with van der Waals surface area (Å²) in [6.45, 7) is 3.85. The number of carbonyl (C=O) groups excluding carboxylic acids is 2. The average molecular weight is 161 g/mol. The topological polar surface area (TPSA) is 46.2 Å². The Bertz CT molecular complexity index is 183. The largest absolute Gasteiger partial charge is 0.286 e. The Morgan fingerprint density at radius 3 is 2.40 bits per heavy atom. The number of carbonyl (C=O) groups is 2. The van der Waals surface area contributed by atoms with Gasteiger partial charge in [0.05, 0.1) is 5.25 Å². The third-order valence-electron chi connectivity index (χ3n) is 1.32. The van der Waals surface area contributed by atoms with E-state index in [1.54, 1.807) is 0 Å². The van der Waals surface area contributed by atoms with Gasteiger partial charge in [-0.3, -0.25) is 14.9 Å². The first-order chi connectivity index (χ1) is 4.61. The SMILES string of the molecule is CC(C)C1SC(=O)NC1=O.[HH]. The summed E-state index contributed by atoms with van der Waals surface area (Å²) in [6, 6.07) is 0. The van der Waals surface area contributed by atoms with Crippen molar-refractivity contribution >= 4 is 22.9 Å². The fraction of sp³-hybridized carbons (Fsp3) is 0.667. The van der Waals surface area contributed by atoms with Gasteiger partial charge in [-0.2, -0.15) is 0 Å². The Morgan fingerprint density at radius 2 is 2.20 bits per heavy atom. The van der Waals surface area contributed by atoms with Gasteiger partial charge in [0.1, 0.15) is 0 Å². The van der Waals surface area contributed by atoms with Gasteiger partial charge in [-0.05, 0) is 5.92 Å². The van der Waals surface area contributed by atoms with Crippen LogP contribution in [0.5, 0.6) is 0 Å². The predicted octanol–water partition coefficient (Wildman–Crippen LogP) is 1.24. The molecule has 2 amide bonds. The van der Waals surface area contributed by atoms with Gasteiger partial charge in [0.15, 0.2) is 0 Å². The lowest BCUT2D eigenvalue weighted by Gasteiger charge is -2.06. The summed E-state index contributed by atoms with van der Waals surface area (Å²) in [7, 11) is 0. The molecule has 1 atom stereocenters. The van der Waals surface area contributed by atoms with Crippen molar-refractivity contribution in [1.29, 1.82) is 0 Å². The van der Waals surface area contributed by atoms with E-state index in [1.807, 2.05) is 13.8 Å². The molecule has 58 valence electrons. The minimum absolute atomic E-state index is 0. The predicted molar refractivity (Wildman–Crippen MR) is 41.9 cm³/mol. The second kappa shape index (κ2) is 2.62. The van der Waals surface area contributed by atoms with Crippen molar-refractivity contribution in [1.82, 2.24) is 5.32 Å². The lowest BCUT2D eigenvalue weighted by Crippen LogP contribution is -2.27. The maximum atomic E-state index is 10.9. The van der Waals surface area contributed by atoms with Crippen LogP contribution in [0.4, 0.5) is 4.79 Å². The molecule has 1 aliphatic rings. The van der Waals surface area contributed by atoms with Crippen LogP contribution in [0.15, 0.2) is 0 Å². The van der Waals surface area contributed by atoms with Crippen LogP contribution in [0.3, 0.4) is 0 Å². The molecule has 1 rings (SSSR count). The second-order valence-corrected chi connectivity index (χ2v) is 3.67. The molecular formula is C6H11NO2S. The van der Waals surface area contributed by atoms with Gasteiger partial charge in [-0.1, -0.05) is 25.6 Å². The summed E-state index contributed by atoms with van der Waals surface area (Å²) < 4.78 is 0. The zero-order valence-corrected chi connectivity index (χ0v) is 6.70. The van der Waals surface area contributed by atoms with Crippen molar-refractivity contribution in [3.05, 3.63) is 0 Å². The zero-order valence-electron chi connectivity index (χ0n) is 5.88. The van der Waals surface area contributed by atoms with Gasteiger partial charge in [0.2, 0.25) is 5.91 Å². The molecule has 3 nitrogen and oxygen atoms in total. The molecule has 4 heteroatoms. The van der Waals surface area contributed by atoms with Crippen molar-refractivity contribution in [2.75, 3.05) is 0 Å². The van der Waals surface area contributed by atoms with E-state index in [0.29, 0.717) is 0 Å². The van der Waals surface area contributed by atoms with E-state index < -0.39 is 0 Å². The van der Waals surface area contributed by atoms with Gasteiger partial charge in [0.25, 0.3) is 5.24 Å². The van der Waals surface area contributed by atoms with Gasteiger partial charge in [-0.15, -0.1) is 0 Å². The Morgan fingerprint density at radius 1 is 1.60 bits per heavy atom. The van der Waals surface area contributed by atoms with Crippen LogP contribution < -0.4 is 5.32 Å².